The van der Waals surface area contributed by atoms with Crippen molar-refractivity contribution in [3.05, 3.63) is 66.0 Å². The third-order valence-electron chi connectivity index (χ3n) is 6.38. The summed E-state index contributed by atoms with van der Waals surface area (Å²) in [5.74, 6) is 0.508. The van der Waals surface area contributed by atoms with Crippen molar-refractivity contribution in [2.24, 2.45) is 0 Å². The van der Waals surface area contributed by atoms with E-state index in [2.05, 4.69) is 47.1 Å². The summed E-state index contributed by atoms with van der Waals surface area (Å²) in [6.07, 6.45) is 4.52. The number of hydrogen-bond donors (Lipinski definition) is 0. The van der Waals surface area contributed by atoms with Crippen LogP contribution in [0.2, 0.25) is 0 Å². The number of anilines is 1. The quantitative estimate of drug-likeness (QED) is 0.466. The first-order valence-corrected chi connectivity index (χ1v) is 10.8. The van der Waals surface area contributed by atoms with Crippen LogP contribution in [-0.4, -0.2) is 48.1 Å². The number of rotatable bonds is 4. The van der Waals surface area contributed by atoms with Crippen LogP contribution in [0.3, 0.4) is 0 Å². The molecule has 0 unspecified atom stereocenters. The molecule has 0 radical (unpaired) electrons. The minimum Gasteiger partial charge on any atom is -0.434 e. The summed E-state index contributed by atoms with van der Waals surface area (Å²) in [5.41, 5.74) is 6.80. The Morgan fingerprint density at radius 1 is 1.09 bits per heavy atom. The van der Waals surface area contributed by atoms with Crippen LogP contribution < -0.4 is 4.90 Å². The highest BCUT2D eigenvalue weighted by Gasteiger charge is 2.31. The Morgan fingerprint density at radius 3 is 2.50 bits per heavy atom. The molecule has 0 bridgehead atoms. The summed E-state index contributed by atoms with van der Waals surface area (Å²) in [5, 5.41) is 10.1. The smallest absolute Gasteiger partial charge is 0.227 e. The fraction of sp³-hybridized carbons (Fsp3) is 0.269. The highest BCUT2D eigenvalue weighted by molar-refractivity contribution is 6.03. The lowest BCUT2D eigenvalue weighted by Crippen LogP contribution is -2.31. The summed E-state index contributed by atoms with van der Waals surface area (Å²) in [6, 6.07) is 16.9. The van der Waals surface area contributed by atoms with Crippen LogP contribution in [0.5, 0.6) is 0 Å². The Kier molecular flexibility index (Phi) is 5.12. The largest absolute Gasteiger partial charge is 0.434 e. The third-order valence-corrected chi connectivity index (χ3v) is 6.38. The van der Waals surface area contributed by atoms with E-state index in [4.69, 9.17) is 9.40 Å². The third kappa shape index (κ3) is 3.31. The average molecular weight is 424 g/mol. The van der Waals surface area contributed by atoms with Gasteiger partial charge in [0.15, 0.2) is 5.58 Å². The minimum absolute atomic E-state index is 0.465. The van der Waals surface area contributed by atoms with E-state index in [1.165, 1.54) is 0 Å². The molecule has 0 amide bonds. The molecule has 6 nitrogen and oxygen atoms in total. The molecule has 0 N–H and O–H groups in total. The molecule has 4 aromatic rings. The van der Waals surface area contributed by atoms with E-state index in [1.807, 2.05) is 37.3 Å². The molecule has 6 heteroatoms. The highest BCUT2D eigenvalue weighted by atomic mass is 16.3. The number of aromatic nitrogens is 2. The Morgan fingerprint density at radius 2 is 1.84 bits per heavy atom. The summed E-state index contributed by atoms with van der Waals surface area (Å²) < 4.78 is 6.41. The van der Waals surface area contributed by atoms with Gasteiger partial charge < -0.3 is 14.2 Å². The monoisotopic (exact) mass is 423 g/mol. The number of likely N-dealkylation sites (N-methyl/N-ethyl adjacent to an activating group) is 1. The molecule has 3 heterocycles. The predicted molar refractivity (Wildman–Crippen MR) is 126 cm³/mol. The van der Waals surface area contributed by atoms with E-state index < -0.39 is 0 Å². The van der Waals surface area contributed by atoms with E-state index in [1.54, 1.807) is 12.4 Å². The number of nitrogens with zero attached hydrogens (tertiary/aromatic N) is 5. The van der Waals surface area contributed by atoms with Crippen molar-refractivity contribution in [3.8, 4) is 28.7 Å². The number of oxazole rings is 1. The van der Waals surface area contributed by atoms with Crippen molar-refractivity contribution in [3.63, 3.8) is 0 Å². The zero-order chi connectivity index (χ0) is 22.2. The van der Waals surface area contributed by atoms with E-state index >= 15 is 0 Å². The Labute approximate surface area is 187 Å². The molecule has 1 atom stereocenters. The topological polar surface area (TPSA) is 69.2 Å². The van der Waals surface area contributed by atoms with Gasteiger partial charge in [0.05, 0.1) is 11.3 Å². The van der Waals surface area contributed by atoms with Gasteiger partial charge in [0.1, 0.15) is 11.6 Å². The summed E-state index contributed by atoms with van der Waals surface area (Å²) in [7, 11) is 4.25. The molecule has 1 saturated heterocycles. The number of benzene rings is 2. The fourth-order valence-corrected chi connectivity index (χ4v) is 4.62. The zero-order valence-corrected chi connectivity index (χ0v) is 18.5. The molecular formula is C26H25N5O. The molecule has 2 aromatic carbocycles. The van der Waals surface area contributed by atoms with Crippen LogP contribution in [0.15, 0.2) is 59.3 Å². The van der Waals surface area contributed by atoms with Crippen LogP contribution in [0.25, 0.3) is 33.7 Å². The lowest BCUT2D eigenvalue weighted by atomic mass is 9.93. The first-order chi connectivity index (χ1) is 15.6. The van der Waals surface area contributed by atoms with Crippen LogP contribution in [0.1, 0.15) is 17.5 Å². The molecular weight excluding hydrogens is 398 g/mol. The Balaban J connectivity index is 1.81. The molecule has 160 valence electrons. The van der Waals surface area contributed by atoms with E-state index in [9.17, 15) is 5.26 Å². The van der Waals surface area contributed by atoms with Crippen molar-refractivity contribution in [1.29, 1.82) is 5.26 Å². The minimum atomic E-state index is 0.465. The predicted octanol–water partition coefficient (Wildman–Crippen LogP) is 4.88. The SMILES string of the molecule is Cc1c(-c2ccccc2)c(N2CC[C@H](N(C)C)C2)c2oc(-c3ccncc3)nc2c1C#N. The molecule has 5 rings (SSSR count). The Bertz CT molecular complexity index is 1310. The Hall–Kier alpha value is -3.69. The van der Waals surface area contributed by atoms with Crippen LogP contribution in [0.4, 0.5) is 5.69 Å². The van der Waals surface area contributed by atoms with Crippen molar-refractivity contribution in [1.82, 2.24) is 14.9 Å². The number of fused-ring (bicyclic) bond motifs is 1. The van der Waals surface area contributed by atoms with Crippen LogP contribution in [-0.2, 0) is 0 Å². The van der Waals surface area contributed by atoms with Crippen molar-refractivity contribution < 1.29 is 4.42 Å². The molecule has 0 spiro atoms. The van der Waals surface area contributed by atoms with Gasteiger partial charge in [-0.2, -0.15) is 5.26 Å². The first kappa shape index (κ1) is 20.2. The van der Waals surface area contributed by atoms with Gasteiger partial charge in [0.25, 0.3) is 0 Å². The second kappa shape index (κ2) is 8.10. The number of pyridine rings is 1. The molecule has 32 heavy (non-hydrogen) atoms. The maximum absolute atomic E-state index is 10.1. The lowest BCUT2D eigenvalue weighted by Gasteiger charge is -2.25. The zero-order valence-electron chi connectivity index (χ0n) is 18.5. The van der Waals surface area contributed by atoms with Crippen LogP contribution >= 0.6 is 0 Å². The molecule has 2 aromatic heterocycles. The number of hydrogen-bond acceptors (Lipinski definition) is 6. The van der Waals surface area contributed by atoms with Crippen molar-refractivity contribution >= 4 is 16.8 Å². The fourth-order valence-electron chi connectivity index (χ4n) is 4.62. The summed E-state index contributed by atoms with van der Waals surface area (Å²) in [4.78, 5) is 13.5. The lowest BCUT2D eigenvalue weighted by molar-refractivity contribution is 0.315. The highest BCUT2D eigenvalue weighted by Crippen LogP contribution is 2.45. The second-order valence-corrected chi connectivity index (χ2v) is 8.49. The van der Waals surface area contributed by atoms with Crippen molar-refractivity contribution in [2.45, 2.75) is 19.4 Å². The molecule has 0 aliphatic carbocycles. The van der Waals surface area contributed by atoms with Gasteiger partial charge in [-0.1, -0.05) is 30.3 Å². The van der Waals surface area contributed by atoms with Gasteiger partial charge in [-0.05, 0) is 50.7 Å². The van der Waals surface area contributed by atoms with Crippen LogP contribution in [0, 0.1) is 18.3 Å². The molecule has 1 aliphatic rings. The standard InChI is InChI=1S/C26H25N5O/c1-17-21(15-27)23-25(32-26(29-23)19-9-12-28-13-10-19)24(22(17)18-7-5-4-6-8-18)31-14-11-20(16-31)30(2)3/h4-10,12-13,20H,11,14,16H2,1-3H3/t20-/m0/s1. The van der Waals surface area contributed by atoms with Gasteiger partial charge in [0.2, 0.25) is 5.89 Å². The van der Waals surface area contributed by atoms with Gasteiger partial charge in [0, 0.05) is 42.7 Å². The van der Waals surface area contributed by atoms with E-state index in [0.717, 1.165) is 47.5 Å². The van der Waals surface area contributed by atoms with E-state index in [0.29, 0.717) is 28.6 Å². The van der Waals surface area contributed by atoms with Gasteiger partial charge in [-0.25, -0.2) is 4.98 Å². The van der Waals surface area contributed by atoms with Gasteiger partial charge in [-0.3, -0.25) is 4.98 Å². The van der Waals surface area contributed by atoms with Gasteiger partial charge in [-0.15, -0.1) is 0 Å². The number of nitriles is 1. The van der Waals surface area contributed by atoms with Gasteiger partial charge >= 0.3 is 0 Å². The van der Waals surface area contributed by atoms with Crippen molar-refractivity contribution in [2.75, 3.05) is 32.1 Å². The molecule has 0 saturated carbocycles. The second-order valence-electron chi connectivity index (χ2n) is 8.49. The first-order valence-electron chi connectivity index (χ1n) is 10.8. The summed E-state index contributed by atoms with van der Waals surface area (Å²) in [6.45, 7) is 3.84. The average Bonchev–Trinajstić information content (AvgIpc) is 3.48. The normalized spacial score (nSPS) is 16.1. The molecule has 1 aliphatic heterocycles. The summed E-state index contributed by atoms with van der Waals surface area (Å²) >= 11 is 0. The maximum atomic E-state index is 10.1. The van der Waals surface area contributed by atoms with E-state index in [-0.39, 0.29) is 0 Å². The maximum Gasteiger partial charge on any atom is 0.227 e. The molecule has 1 fully saturated rings.